The van der Waals surface area contributed by atoms with Crippen molar-refractivity contribution in [2.45, 2.75) is 13.8 Å². The molecule has 6 nitrogen and oxygen atoms in total. The molecule has 0 bridgehead atoms. The van der Waals surface area contributed by atoms with Crippen molar-refractivity contribution in [2.24, 2.45) is 0 Å². The highest BCUT2D eigenvalue weighted by Crippen LogP contribution is 2.12. The number of hydrogen-bond acceptors (Lipinski definition) is 4. The highest BCUT2D eigenvalue weighted by molar-refractivity contribution is 5.98. The van der Waals surface area contributed by atoms with Crippen molar-refractivity contribution in [2.75, 3.05) is 0 Å². The van der Waals surface area contributed by atoms with Crippen LogP contribution < -0.4 is 10.9 Å². The zero-order chi connectivity index (χ0) is 15.2. The van der Waals surface area contributed by atoms with Gasteiger partial charge in [0.15, 0.2) is 0 Å². The minimum Gasteiger partial charge on any atom is -0.466 e. The summed E-state index contributed by atoms with van der Waals surface area (Å²) in [7, 11) is 0. The molecular weight excluding hydrogens is 270 g/mol. The molecule has 0 saturated heterocycles. The second-order valence-corrected chi connectivity index (χ2v) is 4.36. The van der Waals surface area contributed by atoms with Gasteiger partial charge in [-0.1, -0.05) is 6.07 Å². The van der Waals surface area contributed by atoms with Crippen LogP contribution in [0, 0.1) is 13.8 Å². The number of nitrogens with zero attached hydrogens (tertiary/aromatic N) is 1. The number of nitrogens with one attached hydrogen (secondary N) is 2. The molecule has 108 valence electrons. The van der Waals surface area contributed by atoms with Crippen molar-refractivity contribution in [1.82, 2.24) is 15.8 Å². The number of carbonyl (C=O) groups excluding carboxylic acids is 2. The molecule has 0 unspecified atom stereocenters. The van der Waals surface area contributed by atoms with E-state index in [4.69, 9.17) is 4.42 Å². The molecule has 21 heavy (non-hydrogen) atoms. The number of aryl methyl sites for hydroxylation is 2. The van der Waals surface area contributed by atoms with Crippen molar-refractivity contribution >= 4 is 17.9 Å². The number of hydrogen-bond donors (Lipinski definition) is 2. The van der Waals surface area contributed by atoms with Crippen molar-refractivity contribution in [1.29, 1.82) is 0 Å². The third kappa shape index (κ3) is 4.04. The van der Waals surface area contributed by atoms with Crippen LogP contribution in [-0.2, 0) is 4.79 Å². The van der Waals surface area contributed by atoms with Gasteiger partial charge in [-0.15, -0.1) is 0 Å². The normalized spacial score (nSPS) is 10.6. The Labute approximate surface area is 121 Å². The first-order chi connectivity index (χ1) is 10.1. The van der Waals surface area contributed by atoms with Crippen LogP contribution in [0.4, 0.5) is 0 Å². The van der Waals surface area contributed by atoms with Crippen LogP contribution in [0.3, 0.4) is 0 Å². The third-order valence-electron chi connectivity index (χ3n) is 2.68. The van der Waals surface area contributed by atoms with Crippen LogP contribution in [0.15, 0.2) is 41.0 Å². The summed E-state index contributed by atoms with van der Waals surface area (Å²) in [5.41, 5.74) is 5.66. The Hall–Kier alpha value is -2.89. The molecule has 2 rings (SSSR count). The van der Waals surface area contributed by atoms with E-state index in [1.54, 1.807) is 44.3 Å². The SMILES string of the molecule is Cc1cc(C(=O)NNC(=O)C=Cc2ccccn2)c(C)o1. The molecule has 0 radical (unpaired) electrons. The topological polar surface area (TPSA) is 84.2 Å². The number of rotatable bonds is 3. The maximum atomic E-state index is 11.8. The molecule has 0 aromatic carbocycles. The maximum Gasteiger partial charge on any atom is 0.273 e. The molecule has 2 aromatic heterocycles. The lowest BCUT2D eigenvalue weighted by Gasteiger charge is -2.03. The van der Waals surface area contributed by atoms with Gasteiger partial charge in [-0.25, -0.2) is 0 Å². The van der Waals surface area contributed by atoms with Crippen LogP contribution in [0.2, 0.25) is 0 Å². The average molecular weight is 285 g/mol. The van der Waals surface area contributed by atoms with Gasteiger partial charge in [0, 0.05) is 12.3 Å². The number of hydrazine groups is 1. The zero-order valence-corrected chi connectivity index (χ0v) is 11.7. The predicted octanol–water partition coefficient (Wildman–Crippen LogP) is 1.77. The second-order valence-electron chi connectivity index (χ2n) is 4.36. The fourth-order valence-corrected chi connectivity index (χ4v) is 1.72. The molecule has 0 aliphatic carbocycles. The number of aromatic nitrogens is 1. The molecule has 0 aliphatic heterocycles. The Kier molecular flexibility index (Phi) is 4.50. The van der Waals surface area contributed by atoms with Crippen molar-refractivity contribution < 1.29 is 14.0 Å². The largest absolute Gasteiger partial charge is 0.466 e. The van der Waals surface area contributed by atoms with Crippen LogP contribution in [0.5, 0.6) is 0 Å². The van der Waals surface area contributed by atoms with E-state index in [9.17, 15) is 9.59 Å². The summed E-state index contributed by atoms with van der Waals surface area (Å²) in [6.45, 7) is 3.43. The van der Waals surface area contributed by atoms with Gasteiger partial charge in [-0.2, -0.15) is 0 Å². The van der Waals surface area contributed by atoms with E-state index in [1.807, 2.05) is 6.07 Å². The van der Waals surface area contributed by atoms with Crippen LogP contribution in [-0.4, -0.2) is 16.8 Å². The lowest BCUT2D eigenvalue weighted by atomic mass is 10.2. The fourth-order valence-electron chi connectivity index (χ4n) is 1.72. The quantitative estimate of drug-likeness (QED) is 0.665. The molecule has 6 heteroatoms. The van der Waals surface area contributed by atoms with Crippen molar-refractivity contribution in [3.63, 3.8) is 0 Å². The van der Waals surface area contributed by atoms with E-state index in [0.29, 0.717) is 22.8 Å². The molecule has 0 fully saturated rings. The molecule has 0 saturated carbocycles. The predicted molar refractivity (Wildman–Crippen MR) is 77.1 cm³/mol. The van der Waals surface area contributed by atoms with Crippen molar-refractivity contribution in [3.05, 3.63) is 59.3 Å². The second kappa shape index (κ2) is 6.51. The molecule has 0 aliphatic rings. The van der Waals surface area contributed by atoms with E-state index in [1.165, 1.54) is 6.08 Å². The average Bonchev–Trinajstić information content (AvgIpc) is 2.82. The van der Waals surface area contributed by atoms with Crippen LogP contribution in [0.1, 0.15) is 27.6 Å². The molecule has 0 spiro atoms. The molecular formula is C15H15N3O3. The van der Waals surface area contributed by atoms with Gasteiger partial charge in [0.05, 0.1) is 11.3 Å². The van der Waals surface area contributed by atoms with Gasteiger partial charge < -0.3 is 4.42 Å². The molecule has 2 N–H and O–H groups in total. The first-order valence-electron chi connectivity index (χ1n) is 6.33. The summed E-state index contributed by atoms with van der Waals surface area (Å²) >= 11 is 0. The van der Waals surface area contributed by atoms with Crippen LogP contribution >= 0.6 is 0 Å². The Bertz CT molecular complexity index is 675. The summed E-state index contributed by atoms with van der Waals surface area (Å²) in [6, 6.07) is 6.98. The molecule has 0 atom stereocenters. The molecule has 2 amide bonds. The van der Waals surface area contributed by atoms with Gasteiger partial charge in [0.2, 0.25) is 0 Å². The monoisotopic (exact) mass is 285 g/mol. The third-order valence-corrected chi connectivity index (χ3v) is 2.68. The summed E-state index contributed by atoms with van der Waals surface area (Å²) < 4.78 is 5.25. The van der Waals surface area contributed by atoms with Crippen LogP contribution in [0.25, 0.3) is 6.08 Å². The van der Waals surface area contributed by atoms with E-state index < -0.39 is 11.8 Å². The van der Waals surface area contributed by atoms with Gasteiger partial charge >= 0.3 is 0 Å². The van der Waals surface area contributed by atoms with Crippen molar-refractivity contribution in [3.8, 4) is 0 Å². The standard InChI is InChI=1S/C15H15N3O3/c1-10-9-13(11(2)21-10)15(20)18-17-14(19)7-6-12-5-3-4-8-16-12/h3-9H,1-2H3,(H,17,19)(H,18,20). The lowest BCUT2D eigenvalue weighted by Crippen LogP contribution is -2.40. The van der Waals surface area contributed by atoms with Gasteiger partial charge in [0.1, 0.15) is 11.5 Å². The minimum atomic E-state index is -0.452. The summed E-state index contributed by atoms with van der Waals surface area (Å²) in [5.74, 6) is 0.262. The summed E-state index contributed by atoms with van der Waals surface area (Å²) in [6.07, 6.45) is 4.47. The lowest BCUT2D eigenvalue weighted by molar-refractivity contribution is -0.117. The van der Waals surface area contributed by atoms with E-state index >= 15 is 0 Å². The highest BCUT2D eigenvalue weighted by atomic mass is 16.3. The first kappa shape index (κ1) is 14.5. The highest BCUT2D eigenvalue weighted by Gasteiger charge is 2.13. The Morgan fingerprint density at radius 3 is 2.67 bits per heavy atom. The summed E-state index contributed by atoms with van der Waals surface area (Å²) in [5, 5.41) is 0. The Balaban J connectivity index is 1.88. The smallest absolute Gasteiger partial charge is 0.273 e. The Morgan fingerprint density at radius 1 is 1.24 bits per heavy atom. The van der Waals surface area contributed by atoms with E-state index in [2.05, 4.69) is 15.8 Å². The fraction of sp³-hybridized carbons (Fsp3) is 0.133. The minimum absolute atomic E-state index is 0.390. The van der Waals surface area contributed by atoms with Gasteiger partial charge in [0.25, 0.3) is 11.8 Å². The van der Waals surface area contributed by atoms with E-state index in [-0.39, 0.29) is 0 Å². The number of pyridine rings is 1. The maximum absolute atomic E-state index is 11.8. The van der Waals surface area contributed by atoms with Gasteiger partial charge in [-0.3, -0.25) is 25.4 Å². The number of carbonyl (C=O) groups is 2. The van der Waals surface area contributed by atoms with Gasteiger partial charge in [-0.05, 0) is 38.1 Å². The first-order valence-corrected chi connectivity index (χ1v) is 6.33. The Morgan fingerprint density at radius 2 is 2.05 bits per heavy atom. The molecule has 2 aromatic rings. The molecule has 2 heterocycles. The zero-order valence-electron chi connectivity index (χ0n) is 11.7. The van der Waals surface area contributed by atoms with E-state index in [0.717, 1.165) is 0 Å². The number of furan rings is 1. The number of amides is 2. The summed E-state index contributed by atoms with van der Waals surface area (Å²) in [4.78, 5) is 27.5.